The van der Waals surface area contributed by atoms with Crippen molar-refractivity contribution in [2.24, 2.45) is 0 Å². The predicted octanol–water partition coefficient (Wildman–Crippen LogP) is 2.22. The van der Waals surface area contributed by atoms with E-state index in [2.05, 4.69) is 21.0 Å². The molecule has 1 aromatic heterocycles. The van der Waals surface area contributed by atoms with E-state index in [4.69, 9.17) is 4.74 Å². The lowest BCUT2D eigenvalue weighted by Gasteiger charge is -2.23. The second-order valence-corrected chi connectivity index (χ2v) is 7.05. The Morgan fingerprint density at radius 1 is 1.45 bits per heavy atom. The molecule has 1 aromatic carbocycles. The topological polar surface area (TPSA) is 81.2 Å². The van der Waals surface area contributed by atoms with Gasteiger partial charge in [-0.15, -0.1) is 0 Å². The fourth-order valence-electron chi connectivity index (χ4n) is 2.11. The van der Waals surface area contributed by atoms with E-state index in [0.717, 1.165) is 23.5 Å². The number of rotatable bonds is 3. The van der Waals surface area contributed by atoms with Gasteiger partial charge in [-0.25, -0.2) is 13.4 Å². The van der Waals surface area contributed by atoms with E-state index in [1.54, 1.807) is 12.1 Å². The van der Waals surface area contributed by atoms with Crippen LogP contribution >= 0.6 is 11.5 Å². The highest BCUT2D eigenvalue weighted by atomic mass is 32.2. The molecule has 0 amide bonds. The smallest absolute Gasteiger partial charge is 0.263 e. The molecule has 106 valence electrons. The number of hydrogen-bond donors (Lipinski definition) is 1. The normalized spacial score (nSPS) is 18.1. The maximum atomic E-state index is 12.2. The van der Waals surface area contributed by atoms with Gasteiger partial charge in [0.05, 0.1) is 11.5 Å². The number of nitrogens with one attached hydrogen (secondary N) is 1. The molecule has 3 rings (SSSR count). The number of benzene rings is 1. The van der Waals surface area contributed by atoms with Crippen molar-refractivity contribution < 1.29 is 13.2 Å². The summed E-state index contributed by atoms with van der Waals surface area (Å²) in [6.07, 6.45) is 2.25. The van der Waals surface area contributed by atoms with Crippen LogP contribution in [0.25, 0.3) is 0 Å². The van der Waals surface area contributed by atoms with Crippen molar-refractivity contribution in [1.29, 1.82) is 0 Å². The van der Waals surface area contributed by atoms with E-state index in [9.17, 15) is 8.42 Å². The zero-order chi connectivity index (χ0) is 14.2. The van der Waals surface area contributed by atoms with E-state index in [-0.39, 0.29) is 10.0 Å². The summed E-state index contributed by atoms with van der Waals surface area (Å²) >= 11 is 0.991. The molecule has 1 aliphatic heterocycles. The minimum absolute atomic E-state index is 0.167. The average Bonchev–Trinajstić information content (AvgIpc) is 2.91. The maximum Gasteiger partial charge on any atom is 0.263 e. The van der Waals surface area contributed by atoms with Gasteiger partial charge in [0.25, 0.3) is 10.0 Å². The molecule has 0 fully saturated rings. The number of hydrogen-bond acceptors (Lipinski definition) is 6. The average molecular weight is 311 g/mol. The lowest BCUT2D eigenvalue weighted by atomic mass is 9.95. The first-order chi connectivity index (χ1) is 9.56. The second kappa shape index (κ2) is 5.02. The monoisotopic (exact) mass is 311 g/mol. The highest BCUT2D eigenvalue weighted by Crippen LogP contribution is 2.35. The molecule has 1 aliphatic rings. The minimum Gasteiger partial charge on any atom is -0.493 e. The molecule has 0 bridgehead atoms. The van der Waals surface area contributed by atoms with E-state index in [1.807, 2.05) is 6.07 Å². The first kappa shape index (κ1) is 13.3. The summed E-state index contributed by atoms with van der Waals surface area (Å²) in [6.45, 7) is 2.72. The van der Waals surface area contributed by atoms with Crippen LogP contribution in [0.1, 0.15) is 24.8 Å². The largest absolute Gasteiger partial charge is 0.493 e. The molecule has 2 heterocycles. The van der Waals surface area contributed by atoms with Crippen molar-refractivity contribution in [3.8, 4) is 5.75 Å². The Morgan fingerprint density at radius 3 is 3.05 bits per heavy atom. The van der Waals surface area contributed by atoms with Crippen LogP contribution in [0.15, 0.2) is 29.4 Å². The zero-order valence-corrected chi connectivity index (χ0v) is 12.4. The lowest BCUT2D eigenvalue weighted by Crippen LogP contribution is -2.16. The third-order valence-electron chi connectivity index (χ3n) is 3.22. The highest BCUT2D eigenvalue weighted by molar-refractivity contribution is 7.93. The first-order valence-corrected chi connectivity index (χ1v) is 8.38. The molecular formula is C12H13N3O3S2. The van der Waals surface area contributed by atoms with Crippen LogP contribution in [0.5, 0.6) is 5.75 Å². The lowest BCUT2D eigenvalue weighted by molar-refractivity contribution is 0.271. The molecule has 1 atom stereocenters. The summed E-state index contributed by atoms with van der Waals surface area (Å²) in [7, 11) is -3.66. The van der Waals surface area contributed by atoms with Crippen LogP contribution in [0.4, 0.5) is 5.13 Å². The Morgan fingerprint density at radius 2 is 2.30 bits per heavy atom. The number of sulfonamides is 1. The van der Waals surface area contributed by atoms with Gasteiger partial charge in [0, 0.05) is 17.6 Å². The van der Waals surface area contributed by atoms with Crippen molar-refractivity contribution in [3.63, 3.8) is 0 Å². The molecule has 0 aliphatic carbocycles. The van der Waals surface area contributed by atoms with Gasteiger partial charge in [0.15, 0.2) is 0 Å². The van der Waals surface area contributed by atoms with Crippen LogP contribution in [-0.2, 0) is 10.0 Å². The molecule has 2 aromatic rings. The van der Waals surface area contributed by atoms with Gasteiger partial charge in [0.1, 0.15) is 12.1 Å². The molecule has 1 N–H and O–H groups in total. The molecule has 20 heavy (non-hydrogen) atoms. The Hall–Kier alpha value is -1.67. The molecule has 0 spiro atoms. The molecule has 8 heteroatoms. The summed E-state index contributed by atoms with van der Waals surface area (Å²) in [4.78, 5) is 3.98. The summed E-state index contributed by atoms with van der Waals surface area (Å²) < 4.78 is 36.2. The second-order valence-electron chi connectivity index (χ2n) is 4.59. The van der Waals surface area contributed by atoms with Gasteiger partial charge in [-0.1, -0.05) is 13.0 Å². The van der Waals surface area contributed by atoms with Gasteiger partial charge in [-0.2, -0.15) is 4.37 Å². The molecular weight excluding hydrogens is 298 g/mol. The van der Waals surface area contributed by atoms with E-state index in [0.29, 0.717) is 18.3 Å². The van der Waals surface area contributed by atoms with Crippen molar-refractivity contribution in [2.45, 2.75) is 24.2 Å². The number of anilines is 1. The number of nitrogens with zero attached hydrogens (tertiary/aromatic N) is 2. The number of aromatic nitrogens is 2. The van der Waals surface area contributed by atoms with Crippen LogP contribution in [-0.4, -0.2) is 24.4 Å². The molecule has 0 saturated heterocycles. The SMILES string of the molecule is C[C@@H]1CCOc2cc(S(=O)(=O)Nc3ncns3)ccc21. The molecule has 0 unspecified atom stereocenters. The van der Waals surface area contributed by atoms with Crippen molar-refractivity contribution in [3.05, 3.63) is 30.1 Å². The Balaban J connectivity index is 1.94. The van der Waals surface area contributed by atoms with Gasteiger partial charge >= 0.3 is 0 Å². The van der Waals surface area contributed by atoms with E-state index < -0.39 is 10.0 Å². The Kier molecular flexibility index (Phi) is 3.35. The Labute approximate surface area is 121 Å². The van der Waals surface area contributed by atoms with Crippen molar-refractivity contribution >= 4 is 26.7 Å². The maximum absolute atomic E-state index is 12.2. The van der Waals surface area contributed by atoms with Gasteiger partial charge in [0.2, 0.25) is 5.13 Å². The summed E-state index contributed by atoms with van der Waals surface area (Å²) in [5.74, 6) is 1.02. The third-order valence-corrected chi connectivity index (χ3v) is 5.26. The molecule has 6 nitrogen and oxygen atoms in total. The van der Waals surface area contributed by atoms with Crippen LogP contribution in [0, 0.1) is 0 Å². The summed E-state index contributed by atoms with van der Waals surface area (Å²) in [6, 6.07) is 4.97. The van der Waals surface area contributed by atoms with Gasteiger partial charge < -0.3 is 4.74 Å². The fraction of sp³-hybridized carbons (Fsp3) is 0.333. The highest BCUT2D eigenvalue weighted by Gasteiger charge is 2.22. The summed E-state index contributed by atoms with van der Waals surface area (Å²) in [5.41, 5.74) is 1.05. The number of ether oxygens (including phenoxy) is 1. The van der Waals surface area contributed by atoms with Crippen LogP contribution < -0.4 is 9.46 Å². The quantitative estimate of drug-likeness (QED) is 0.940. The Bertz CT molecular complexity index is 714. The van der Waals surface area contributed by atoms with Gasteiger partial charge in [-0.05, 0) is 24.0 Å². The van der Waals surface area contributed by atoms with Crippen molar-refractivity contribution in [1.82, 2.24) is 9.36 Å². The summed E-state index contributed by atoms with van der Waals surface area (Å²) in [5, 5.41) is 0.247. The molecule has 0 saturated carbocycles. The van der Waals surface area contributed by atoms with Gasteiger partial charge in [-0.3, -0.25) is 4.72 Å². The van der Waals surface area contributed by atoms with Crippen LogP contribution in [0.3, 0.4) is 0 Å². The number of fused-ring (bicyclic) bond motifs is 1. The minimum atomic E-state index is -3.66. The van der Waals surface area contributed by atoms with Crippen molar-refractivity contribution in [2.75, 3.05) is 11.3 Å². The third kappa shape index (κ3) is 2.48. The first-order valence-electron chi connectivity index (χ1n) is 6.12. The predicted molar refractivity (Wildman–Crippen MR) is 75.7 cm³/mol. The zero-order valence-electron chi connectivity index (χ0n) is 10.7. The fourth-order valence-corrected chi connectivity index (χ4v) is 3.78. The standard InChI is InChI=1S/C12H13N3O3S2/c1-8-4-5-18-11-6-9(2-3-10(8)11)20(16,17)15-12-13-7-14-19-12/h2-3,6-8H,4-5H2,1H3,(H,13,14,15)/t8-/m1/s1. The van der Waals surface area contributed by atoms with E-state index >= 15 is 0 Å². The van der Waals surface area contributed by atoms with Crippen LogP contribution in [0.2, 0.25) is 0 Å². The molecule has 0 radical (unpaired) electrons. The van der Waals surface area contributed by atoms with E-state index in [1.165, 1.54) is 6.33 Å².